The first-order valence-corrected chi connectivity index (χ1v) is 24.8. The quantitative estimate of drug-likeness (QED) is 0.150. The summed E-state index contributed by atoms with van der Waals surface area (Å²) < 4.78 is 0. The van der Waals surface area contributed by atoms with Gasteiger partial charge in [0.2, 0.25) is 0 Å². The van der Waals surface area contributed by atoms with E-state index < -0.39 is 0 Å². The van der Waals surface area contributed by atoms with Gasteiger partial charge in [-0.25, -0.2) is 0 Å². The van der Waals surface area contributed by atoms with Crippen molar-refractivity contribution in [2.75, 3.05) is 14.7 Å². The van der Waals surface area contributed by atoms with Crippen molar-refractivity contribution in [2.45, 2.75) is 57.8 Å². The van der Waals surface area contributed by atoms with Gasteiger partial charge in [0.05, 0.1) is 22.7 Å². The van der Waals surface area contributed by atoms with Crippen molar-refractivity contribution in [1.29, 1.82) is 0 Å². The Morgan fingerprint density at radius 1 is 0.286 bits per heavy atom. The van der Waals surface area contributed by atoms with Gasteiger partial charge in [0.25, 0.3) is 0 Å². The Balaban J connectivity index is 1.00. The van der Waals surface area contributed by atoms with Crippen LogP contribution in [-0.2, 0) is 16.2 Å². The van der Waals surface area contributed by atoms with E-state index in [9.17, 15) is 0 Å². The maximum Gasteiger partial charge on any atom is 0.0544 e. The van der Waals surface area contributed by atoms with E-state index in [1.54, 1.807) is 0 Å². The van der Waals surface area contributed by atoms with Crippen LogP contribution in [0.1, 0.15) is 74.9 Å². The van der Waals surface area contributed by atoms with Crippen molar-refractivity contribution in [2.24, 2.45) is 0 Å². The fourth-order valence-corrected chi connectivity index (χ4v) is 12.3. The molecule has 0 unspecified atom stereocenters. The van der Waals surface area contributed by atoms with Gasteiger partial charge >= 0.3 is 0 Å². The van der Waals surface area contributed by atoms with E-state index in [4.69, 9.17) is 0 Å². The minimum atomic E-state index is -0.336. The molecule has 13 rings (SSSR count). The number of benzene rings is 10. The van der Waals surface area contributed by atoms with Crippen LogP contribution in [0.5, 0.6) is 0 Å². The summed E-state index contributed by atoms with van der Waals surface area (Å²) in [6, 6.07) is 82.9. The summed E-state index contributed by atoms with van der Waals surface area (Å²) in [5, 5.41) is 2.45. The molecule has 3 heterocycles. The normalized spacial score (nSPS) is 15.0. The fourth-order valence-electron chi connectivity index (χ4n) is 12.3. The zero-order valence-electron chi connectivity index (χ0n) is 40.7. The molecule has 338 valence electrons. The van der Waals surface area contributed by atoms with Gasteiger partial charge in [-0.1, -0.05) is 175 Å². The SMILES string of the molecule is CC1(C)c2cccc3c2N2c4c1cc(-c1ccc(N(c5ccccc5)c5ccccc5)cc1)cc4C(C)(C)c1cc(-c4ccc(N(c5ccccc5)c5ccccc5)c5ccccc45)cc(c12)C3(C)C. The van der Waals surface area contributed by atoms with E-state index in [0.29, 0.717) is 0 Å². The lowest BCUT2D eigenvalue weighted by Gasteiger charge is -2.55. The van der Waals surface area contributed by atoms with Gasteiger partial charge in [0.1, 0.15) is 0 Å². The van der Waals surface area contributed by atoms with Crippen molar-refractivity contribution < 1.29 is 0 Å². The molecular weight excluding hydrogens is 847 g/mol. The molecule has 3 aliphatic rings. The number of fused-ring (bicyclic) bond motifs is 1. The first-order chi connectivity index (χ1) is 34.0. The second kappa shape index (κ2) is 15.4. The van der Waals surface area contributed by atoms with Gasteiger partial charge in [-0.3, -0.25) is 0 Å². The molecule has 3 heteroatoms. The van der Waals surface area contributed by atoms with E-state index in [1.807, 2.05) is 0 Å². The lowest BCUT2D eigenvalue weighted by atomic mass is 9.60. The Morgan fingerprint density at radius 3 is 1.13 bits per heavy atom. The van der Waals surface area contributed by atoms with Crippen LogP contribution in [0, 0.1) is 0 Å². The average Bonchev–Trinajstić information content (AvgIpc) is 3.39. The zero-order valence-corrected chi connectivity index (χ0v) is 40.7. The van der Waals surface area contributed by atoms with Crippen molar-refractivity contribution in [3.05, 3.63) is 258 Å². The maximum absolute atomic E-state index is 2.69. The standard InChI is InChI=1S/C67H55N3/c1-65(2)55-32-21-33-56-62(55)70-63-57(65)40-45(44-34-36-51(37-35-44)68(47-22-11-7-12-23-47)48-24-13-8-14-25-48)41-58(63)67(5,6)60-43-46(42-59(64(60)70)66(56,3)4)52-38-39-61(54-31-20-19-30-53(52)54)69(49-26-15-9-16-27-49)50-28-17-10-18-29-50/h7-43H,1-6H3. The van der Waals surface area contributed by atoms with Crippen LogP contribution in [-0.4, -0.2) is 0 Å². The molecule has 0 saturated carbocycles. The van der Waals surface area contributed by atoms with Crippen LogP contribution in [0.3, 0.4) is 0 Å². The molecule has 0 bridgehead atoms. The third kappa shape index (κ3) is 6.13. The minimum absolute atomic E-state index is 0.242. The molecule has 3 nitrogen and oxygen atoms in total. The maximum atomic E-state index is 2.69. The van der Waals surface area contributed by atoms with Crippen LogP contribution in [0.15, 0.2) is 224 Å². The van der Waals surface area contributed by atoms with Gasteiger partial charge in [-0.2, -0.15) is 0 Å². The molecule has 0 atom stereocenters. The summed E-state index contributed by atoms with van der Waals surface area (Å²) in [6.07, 6.45) is 0. The van der Waals surface area contributed by atoms with Crippen LogP contribution in [0.2, 0.25) is 0 Å². The highest BCUT2D eigenvalue weighted by Gasteiger charge is 2.52. The summed E-state index contributed by atoms with van der Waals surface area (Å²) >= 11 is 0. The van der Waals surface area contributed by atoms with E-state index in [2.05, 4.69) is 281 Å². The van der Waals surface area contributed by atoms with E-state index in [-0.39, 0.29) is 16.2 Å². The molecule has 0 N–H and O–H groups in total. The second-order valence-electron chi connectivity index (χ2n) is 21.0. The molecule has 10 aromatic rings. The molecule has 10 aromatic carbocycles. The predicted octanol–water partition coefficient (Wildman–Crippen LogP) is 18.5. The zero-order chi connectivity index (χ0) is 47.5. The highest BCUT2D eigenvalue weighted by Crippen LogP contribution is 2.67. The summed E-state index contributed by atoms with van der Waals surface area (Å²) in [6.45, 7) is 14.7. The molecule has 0 radical (unpaired) electrons. The molecule has 0 amide bonds. The first kappa shape index (κ1) is 42.0. The highest BCUT2D eigenvalue weighted by molar-refractivity contribution is 6.07. The Kier molecular flexibility index (Phi) is 9.26. The van der Waals surface area contributed by atoms with Gasteiger partial charge in [-0.05, 0) is 152 Å². The van der Waals surface area contributed by atoms with Gasteiger partial charge < -0.3 is 14.7 Å². The van der Waals surface area contributed by atoms with Crippen molar-refractivity contribution in [3.63, 3.8) is 0 Å². The molecule has 3 aliphatic heterocycles. The van der Waals surface area contributed by atoms with Crippen molar-refractivity contribution >= 4 is 62.0 Å². The Bertz CT molecular complexity index is 3590. The third-order valence-corrected chi connectivity index (χ3v) is 15.9. The molecule has 0 fully saturated rings. The highest BCUT2D eigenvalue weighted by atomic mass is 15.2. The van der Waals surface area contributed by atoms with Gasteiger partial charge in [0, 0.05) is 50.1 Å². The second-order valence-corrected chi connectivity index (χ2v) is 21.0. The lowest BCUT2D eigenvalue weighted by Crippen LogP contribution is -2.43. The Hall–Kier alpha value is -8.14. The fraction of sp³-hybridized carbons (Fsp3) is 0.134. The number of hydrogen-bond acceptors (Lipinski definition) is 3. The molecule has 0 aliphatic carbocycles. The smallest absolute Gasteiger partial charge is 0.0544 e. The molecule has 0 aromatic heterocycles. The van der Waals surface area contributed by atoms with Crippen LogP contribution >= 0.6 is 0 Å². The number of rotatable bonds is 8. The topological polar surface area (TPSA) is 9.72 Å². The van der Waals surface area contributed by atoms with Crippen molar-refractivity contribution in [3.8, 4) is 22.3 Å². The number of hydrogen-bond donors (Lipinski definition) is 0. The minimum Gasteiger partial charge on any atom is -0.311 e. The van der Waals surface area contributed by atoms with Gasteiger partial charge in [-0.15, -0.1) is 0 Å². The monoisotopic (exact) mass is 901 g/mol. The van der Waals surface area contributed by atoms with E-state index in [0.717, 1.165) is 34.1 Å². The molecule has 0 spiro atoms. The van der Waals surface area contributed by atoms with Crippen LogP contribution < -0.4 is 14.7 Å². The van der Waals surface area contributed by atoms with Crippen LogP contribution in [0.4, 0.5) is 51.2 Å². The van der Waals surface area contributed by atoms with Crippen molar-refractivity contribution in [1.82, 2.24) is 0 Å². The number of para-hydroxylation sites is 5. The number of anilines is 9. The Morgan fingerprint density at radius 2 is 0.657 bits per heavy atom. The molecular formula is C67H55N3. The summed E-state index contributed by atoms with van der Waals surface area (Å²) in [5.74, 6) is 0. The lowest BCUT2D eigenvalue weighted by molar-refractivity contribution is 0.567. The Labute approximate surface area is 412 Å². The summed E-state index contributed by atoms with van der Waals surface area (Å²) in [4.78, 5) is 7.42. The average molecular weight is 902 g/mol. The van der Waals surface area contributed by atoms with Crippen LogP contribution in [0.25, 0.3) is 33.0 Å². The summed E-state index contributed by atoms with van der Waals surface area (Å²) in [5.41, 5.74) is 23.2. The summed E-state index contributed by atoms with van der Waals surface area (Å²) in [7, 11) is 0. The predicted molar refractivity (Wildman–Crippen MR) is 295 cm³/mol. The molecule has 70 heavy (non-hydrogen) atoms. The number of nitrogens with zero attached hydrogens (tertiary/aromatic N) is 3. The first-order valence-electron chi connectivity index (χ1n) is 24.8. The van der Waals surface area contributed by atoms with E-state index in [1.165, 1.54) is 83.5 Å². The third-order valence-electron chi connectivity index (χ3n) is 15.9. The van der Waals surface area contributed by atoms with Gasteiger partial charge in [0.15, 0.2) is 0 Å². The molecule has 0 saturated heterocycles. The largest absolute Gasteiger partial charge is 0.311 e. The van der Waals surface area contributed by atoms with E-state index >= 15 is 0 Å².